The molecule has 0 fully saturated rings. The summed E-state index contributed by atoms with van der Waals surface area (Å²) in [4.78, 5) is 22.5. The lowest BCUT2D eigenvalue weighted by molar-refractivity contribution is -0.146. The van der Waals surface area contributed by atoms with Crippen LogP contribution >= 0.6 is 0 Å². The van der Waals surface area contributed by atoms with E-state index >= 15 is 0 Å². The van der Waals surface area contributed by atoms with E-state index in [0.717, 1.165) is 25.7 Å². The van der Waals surface area contributed by atoms with Crippen LogP contribution < -0.4 is 0 Å². The molecule has 0 spiro atoms. The number of hydrogen-bond acceptors (Lipinski definition) is 4. The maximum absolute atomic E-state index is 11.3. The van der Waals surface area contributed by atoms with Crippen LogP contribution in [-0.2, 0) is 19.1 Å². The Morgan fingerprint density at radius 2 is 1.76 bits per heavy atom. The number of esters is 2. The van der Waals surface area contributed by atoms with Crippen LogP contribution in [0.5, 0.6) is 0 Å². The number of hydrogen-bond donors (Lipinski definition) is 0. The molecule has 0 aromatic heterocycles. The summed E-state index contributed by atoms with van der Waals surface area (Å²) in [5.74, 6) is -0.949. The lowest BCUT2D eigenvalue weighted by Crippen LogP contribution is -2.13. The maximum Gasteiger partial charge on any atom is 0.333 e. The summed E-state index contributed by atoms with van der Waals surface area (Å²) in [6.07, 6.45) is 4.13. The molecule has 17 heavy (non-hydrogen) atoms. The van der Waals surface area contributed by atoms with Crippen LogP contribution in [0.2, 0.25) is 0 Å². The van der Waals surface area contributed by atoms with Crippen LogP contribution in [0, 0.1) is 0 Å². The van der Waals surface area contributed by atoms with Gasteiger partial charge in [0.05, 0.1) is 19.6 Å². The largest absolute Gasteiger partial charge is 0.465 e. The van der Waals surface area contributed by atoms with E-state index in [9.17, 15) is 9.59 Å². The summed E-state index contributed by atoms with van der Waals surface area (Å²) < 4.78 is 9.70. The highest BCUT2D eigenvalue weighted by Crippen LogP contribution is 2.04. The maximum atomic E-state index is 11.3. The van der Waals surface area contributed by atoms with Crippen molar-refractivity contribution in [2.45, 2.75) is 46.0 Å². The van der Waals surface area contributed by atoms with Crippen molar-refractivity contribution in [2.24, 2.45) is 0 Å². The Balaban J connectivity index is 3.64. The van der Waals surface area contributed by atoms with Gasteiger partial charge in [-0.1, -0.05) is 32.8 Å². The summed E-state index contributed by atoms with van der Waals surface area (Å²) in [5, 5.41) is 0. The van der Waals surface area contributed by atoms with Crippen molar-refractivity contribution in [1.29, 1.82) is 0 Å². The van der Waals surface area contributed by atoms with Crippen LogP contribution in [0.15, 0.2) is 12.2 Å². The molecule has 0 bridgehead atoms. The van der Waals surface area contributed by atoms with Gasteiger partial charge in [0.1, 0.15) is 0 Å². The summed E-state index contributed by atoms with van der Waals surface area (Å²) in [5.41, 5.74) is 0.144. The van der Waals surface area contributed by atoms with E-state index in [1.165, 1.54) is 0 Å². The highest BCUT2D eigenvalue weighted by atomic mass is 16.5. The molecule has 0 aliphatic carbocycles. The van der Waals surface area contributed by atoms with E-state index in [-0.39, 0.29) is 18.6 Å². The summed E-state index contributed by atoms with van der Waals surface area (Å²) in [6, 6.07) is 0. The zero-order chi connectivity index (χ0) is 13.1. The number of carbonyl (C=O) groups is 2. The summed E-state index contributed by atoms with van der Waals surface area (Å²) in [7, 11) is 0. The fourth-order valence-electron chi connectivity index (χ4n) is 1.25. The van der Waals surface area contributed by atoms with Crippen molar-refractivity contribution in [2.75, 3.05) is 13.2 Å². The Bertz CT molecular complexity index is 258. The minimum atomic E-state index is -0.532. The first kappa shape index (κ1) is 15.7. The van der Waals surface area contributed by atoms with E-state index < -0.39 is 11.9 Å². The lowest BCUT2D eigenvalue weighted by Gasteiger charge is -2.06. The monoisotopic (exact) mass is 242 g/mol. The van der Waals surface area contributed by atoms with Gasteiger partial charge in [-0.15, -0.1) is 0 Å². The Hall–Kier alpha value is -1.32. The number of unbranched alkanes of at least 4 members (excludes halogenated alkanes) is 3. The number of ether oxygens (including phenoxy) is 2. The molecule has 4 nitrogen and oxygen atoms in total. The summed E-state index contributed by atoms with van der Waals surface area (Å²) in [6.45, 7) is 8.01. The molecule has 0 rings (SSSR count). The number of carbonyl (C=O) groups excluding carboxylic acids is 2. The third kappa shape index (κ3) is 8.48. The van der Waals surface area contributed by atoms with Crippen LogP contribution in [-0.4, -0.2) is 25.2 Å². The highest BCUT2D eigenvalue weighted by Gasteiger charge is 2.13. The quantitative estimate of drug-likeness (QED) is 0.354. The van der Waals surface area contributed by atoms with Crippen LogP contribution in [0.4, 0.5) is 0 Å². The van der Waals surface area contributed by atoms with Crippen LogP contribution in [0.1, 0.15) is 46.0 Å². The van der Waals surface area contributed by atoms with Crippen LogP contribution in [0.3, 0.4) is 0 Å². The predicted octanol–water partition coefficient (Wildman–Crippen LogP) is 2.62. The fraction of sp³-hybridized carbons (Fsp3) is 0.692. The first-order valence-electron chi connectivity index (χ1n) is 6.12. The van der Waals surface area contributed by atoms with Crippen molar-refractivity contribution in [3.63, 3.8) is 0 Å². The molecule has 0 saturated carbocycles. The molecule has 0 aliphatic heterocycles. The lowest BCUT2D eigenvalue weighted by atomic mass is 10.2. The predicted molar refractivity (Wildman–Crippen MR) is 65.5 cm³/mol. The first-order valence-corrected chi connectivity index (χ1v) is 6.12. The van der Waals surface area contributed by atoms with Crippen molar-refractivity contribution in [3.05, 3.63) is 12.2 Å². The second-order valence-corrected chi connectivity index (χ2v) is 3.78. The van der Waals surface area contributed by atoms with Crippen molar-refractivity contribution in [1.82, 2.24) is 0 Å². The highest BCUT2D eigenvalue weighted by molar-refractivity contribution is 5.93. The van der Waals surface area contributed by atoms with E-state index in [2.05, 4.69) is 13.5 Å². The van der Waals surface area contributed by atoms with Crippen molar-refractivity contribution < 1.29 is 19.1 Å². The van der Waals surface area contributed by atoms with Gasteiger partial charge in [-0.2, -0.15) is 0 Å². The molecule has 0 unspecified atom stereocenters. The second kappa shape index (κ2) is 9.87. The average Bonchev–Trinajstić information content (AvgIpc) is 2.29. The van der Waals surface area contributed by atoms with Gasteiger partial charge in [-0.05, 0) is 13.3 Å². The zero-order valence-corrected chi connectivity index (χ0v) is 10.8. The molecule has 98 valence electrons. The molecular formula is C13H22O4. The molecule has 0 aromatic rings. The van der Waals surface area contributed by atoms with E-state index in [1.54, 1.807) is 6.92 Å². The zero-order valence-electron chi connectivity index (χ0n) is 10.8. The second-order valence-electron chi connectivity index (χ2n) is 3.78. The Kier molecular flexibility index (Phi) is 9.11. The molecule has 0 aromatic carbocycles. The van der Waals surface area contributed by atoms with Gasteiger partial charge in [0.15, 0.2) is 0 Å². The first-order chi connectivity index (χ1) is 8.11. The molecule has 0 aliphatic rings. The molecule has 0 amide bonds. The van der Waals surface area contributed by atoms with Gasteiger partial charge < -0.3 is 9.47 Å². The van der Waals surface area contributed by atoms with Gasteiger partial charge >= 0.3 is 11.9 Å². The van der Waals surface area contributed by atoms with E-state index in [0.29, 0.717) is 6.61 Å². The molecule has 0 atom stereocenters. The van der Waals surface area contributed by atoms with Gasteiger partial charge in [0, 0.05) is 5.57 Å². The minimum Gasteiger partial charge on any atom is -0.465 e. The number of rotatable bonds is 9. The third-order valence-electron chi connectivity index (χ3n) is 2.18. The molecule has 0 N–H and O–H groups in total. The van der Waals surface area contributed by atoms with Gasteiger partial charge in [0.2, 0.25) is 0 Å². The Labute approximate surface area is 103 Å². The standard InChI is InChI=1S/C13H22O4/c1-4-6-7-8-9-17-12(14)10-11(3)13(15)16-5-2/h3-10H2,1-2H3. The average molecular weight is 242 g/mol. The molecular weight excluding hydrogens is 220 g/mol. The topological polar surface area (TPSA) is 52.6 Å². The van der Waals surface area contributed by atoms with Crippen molar-refractivity contribution in [3.8, 4) is 0 Å². The van der Waals surface area contributed by atoms with Crippen LogP contribution in [0.25, 0.3) is 0 Å². The molecule has 0 heterocycles. The third-order valence-corrected chi connectivity index (χ3v) is 2.18. The molecule has 0 saturated heterocycles. The van der Waals surface area contributed by atoms with Gasteiger partial charge in [-0.25, -0.2) is 4.79 Å². The van der Waals surface area contributed by atoms with Crippen molar-refractivity contribution >= 4 is 11.9 Å². The fourth-order valence-corrected chi connectivity index (χ4v) is 1.25. The molecule has 4 heteroatoms. The Morgan fingerprint density at radius 1 is 1.06 bits per heavy atom. The smallest absolute Gasteiger partial charge is 0.333 e. The van der Waals surface area contributed by atoms with E-state index in [4.69, 9.17) is 9.47 Å². The normalized spacial score (nSPS) is 9.76. The van der Waals surface area contributed by atoms with E-state index in [1.807, 2.05) is 0 Å². The Morgan fingerprint density at radius 3 is 2.35 bits per heavy atom. The minimum absolute atomic E-state index is 0.0907. The van der Waals surface area contributed by atoms with Gasteiger partial charge in [-0.3, -0.25) is 4.79 Å². The molecule has 0 radical (unpaired) electrons. The SMILES string of the molecule is C=C(CC(=O)OCCCCCC)C(=O)OCC. The summed E-state index contributed by atoms with van der Waals surface area (Å²) >= 11 is 0. The van der Waals surface area contributed by atoms with Gasteiger partial charge in [0.25, 0.3) is 0 Å².